The summed E-state index contributed by atoms with van der Waals surface area (Å²) in [6.45, 7) is 9.13. The van der Waals surface area contributed by atoms with E-state index < -0.39 is 5.60 Å². The van der Waals surface area contributed by atoms with E-state index in [0.29, 0.717) is 30.6 Å². The van der Waals surface area contributed by atoms with Gasteiger partial charge in [0.25, 0.3) is 5.91 Å². The summed E-state index contributed by atoms with van der Waals surface area (Å²) in [5.74, 6) is 0.705. The maximum atomic E-state index is 13.1. The Labute approximate surface area is 161 Å². The van der Waals surface area contributed by atoms with E-state index >= 15 is 0 Å². The Morgan fingerprint density at radius 2 is 2.22 bits per heavy atom. The highest BCUT2D eigenvalue weighted by Crippen LogP contribution is 2.55. The highest BCUT2D eigenvalue weighted by molar-refractivity contribution is 5.95. The van der Waals surface area contributed by atoms with Crippen molar-refractivity contribution in [1.29, 1.82) is 0 Å². The highest BCUT2D eigenvalue weighted by Gasteiger charge is 2.54. The van der Waals surface area contributed by atoms with Crippen molar-refractivity contribution in [1.82, 2.24) is 15.1 Å². The molecule has 2 fully saturated rings. The molecule has 0 spiro atoms. The van der Waals surface area contributed by atoms with Crippen molar-refractivity contribution in [3.05, 3.63) is 29.1 Å². The van der Waals surface area contributed by atoms with Gasteiger partial charge in [0, 0.05) is 12.6 Å². The Kier molecular flexibility index (Phi) is 4.47. The third kappa shape index (κ3) is 3.23. The number of amides is 1. The van der Waals surface area contributed by atoms with Crippen LogP contribution < -0.4 is 5.32 Å². The predicted octanol–water partition coefficient (Wildman–Crippen LogP) is 2.76. The molecule has 0 aromatic carbocycles. The molecule has 148 valence electrons. The van der Waals surface area contributed by atoms with E-state index in [1.807, 2.05) is 11.6 Å². The monoisotopic (exact) mass is 373 g/mol. The fraction of sp³-hybridized carbons (Fsp3) is 0.714. The number of aliphatic hydroxyl groups is 1. The van der Waals surface area contributed by atoms with Gasteiger partial charge in [-0.15, -0.1) is 0 Å². The topological polar surface area (TPSA) is 76.4 Å². The quantitative estimate of drug-likeness (QED) is 0.778. The molecule has 0 radical (unpaired) electrons. The molecule has 1 aromatic rings. The summed E-state index contributed by atoms with van der Waals surface area (Å²) in [7, 11) is 0. The zero-order valence-electron chi connectivity index (χ0n) is 16.8. The second-order valence-electron chi connectivity index (χ2n) is 9.39. The van der Waals surface area contributed by atoms with Crippen LogP contribution in [0.2, 0.25) is 0 Å². The van der Waals surface area contributed by atoms with E-state index in [4.69, 9.17) is 4.74 Å². The predicted molar refractivity (Wildman–Crippen MR) is 102 cm³/mol. The molecule has 2 saturated carbocycles. The Morgan fingerprint density at radius 1 is 1.44 bits per heavy atom. The summed E-state index contributed by atoms with van der Waals surface area (Å²) in [5.41, 5.74) is 2.06. The summed E-state index contributed by atoms with van der Waals surface area (Å²) < 4.78 is 7.50. The van der Waals surface area contributed by atoms with E-state index in [1.165, 1.54) is 5.57 Å². The Balaban J connectivity index is 1.55. The second kappa shape index (κ2) is 6.45. The van der Waals surface area contributed by atoms with Crippen molar-refractivity contribution in [2.75, 3.05) is 6.61 Å². The largest absolute Gasteiger partial charge is 0.390 e. The van der Waals surface area contributed by atoms with E-state index in [9.17, 15) is 9.90 Å². The lowest BCUT2D eigenvalue weighted by Gasteiger charge is -2.28. The molecule has 6 heteroatoms. The maximum Gasteiger partial charge on any atom is 0.255 e. The molecule has 1 aromatic heterocycles. The fourth-order valence-corrected chi connectivity index (χ4v) is 5.22. The van der Waals surface area contributed by atoms with Gasteiger partial charge in [-0.05, 0) is 65.2 Å². The van der Waals surface area contributed by atoms with Crippen molar-refractivity contribution in [2.24, 2.45) is 11.8 Å². The number of carbonyl (C=O) groups is 1. The molecule has 2 N–H and O–H groups in total. The molecule has 4 rings (SSSR count). The Hall–Kier alpha value is -1.66. The zero-order valence-corrected chi connectivity index (χ0v) is 16.8. The standard InChI is InChI=1S/C21H31N3O3/c1-5-27-12-18-16(11-22-24(18)20(2,3)4)19(25)23-17-8-13-6-7-21(26)9-14(13)15(17)10-21/h6,11,14-15,17,26H,5,7-10,12H2,1-4H3,(H,23,25). The normalized spacial score (nSPS) is 31.9. The van der Waals surface area contributed by atoms with E-state index in [1.54, 1.807) is 6.20 Å². The van der Waals surface area contributed by atoms with Crippen LogP contribution in [0.3, 0.4) is 0 Å². The lowest BCUT2D eigenvalue weighted by Crippen LogP contribution is -2.39. The first-order valence-electron chi connectivity index (χ1n) is 10.1. The third-order valence-corrected chi connectivity index (χ3v) is 6.43. The van der Waals surface area contributed by atoms with Crippen LogP contribution in [0.4, 0.5) is 0 Å². The van der Waals surface area contributed by atoms with Crippen molar-refractivity contribution >= 4 is 5.91 Å². The zero-order chi connectivity index (χ0) is 19.4. The lowest BCUT2D eigenvalue weighted by molar-refractivity contribution is 0.0378. The summed E-state index contributed by atoms with van der Waals surface area (Å²) in [5, 5.41) is 18.4. The molecule has 0 saturated heterocycles. The summed E-state index contributed by atoms with van der Waals surface area (Å²) in [6.07, 6.45) is 7.19. The minimum absolute atomic E-state index is 0.0822. The van der Waals surface area contributed by atoms with Crippen LogP contribution in [0.5, 0.6) is 0 Å². The molecule has 0 aliphatic heterocycles. The minimum Gasteiger partial charge on any atom is -0.390 e. The van der Waals surface area contributed by atoms with Crippen LogP contribution in [-0.4, -0.2) is 39.0 Å². The number of hydrogen-bond acceptors (Lipinski definition) is 4. The molecule has 1 amide bonds. The van der Waals surface area contributed by atoms with Crippen LogP contribution in [0.1, 0.15) is 69.4 Å². The van der Waals surface area contributed by atoms with Gasteiger partial charge in [0.1, 0.15) is 0 Å². The van der Waals surface area contributed by atoms with Gasteiger partial charge in [0.15, 0.2) is 0 Å². The summed E-state index contributed by atoms with van der Waals surface area (Å²) in [6, 6.07) is 0.0982. The van der Waals surface area contributed by atoms with Crippen LogP contribution in [0.25, 0.3) is 0 Å². The van der Waals surface area contributed by atoms with Gasteiger partial charge in [0.05, 0.1) is 35.2 Å². The summed E-state index contributed by atoms with van der Waals surface area (Å²) >= 11 is 0. The molecular formula is C21H31N3O3. The number of ether oxygens (including phenoxy) is 1. The number of nitrogens with zero attached hydrogens (tertiary/aromatic N) is 2. The van der Waals surface area contributed by atoms with Crippen LogP contribution in [0, 0.1) is 11.8 Å². The first-order chi connectivity index (χ1) is 12.7. The fourth-order valence-electron chi connectivity index (χ4n) is 5.22. The van der Waals surface area contributed by atoms with E-state index in [0.717, 1.165) is 31.4 Å². The molecule has 2 bridgehead atoms. The first-order valence-corrected chi connectivity index (χ1v) is 10.1. The lowest BCUT2D eigenvalue weighted by atomic mass is 9.86. The SMILES string of the molecule is CCOCc1c(C(=O)NC2CC3=CCC4(O)CC3C2C4)cnn1C(C)(C)C. The maximum absolute atomic E-state index is 13.1. The number of fused-ring (bicyclic) bond motifs is 1. The van der Waals surface area contributed by atoms with Gasteiger partial charge in [-0.3, -0.25) is 9.48 Å². The van der Waals surface area contributed by atoms with Gasteiger partial charge in [-0.25, -0.2) is 0 Å². The minimum atomic E-state index is -0.556. The van der Waals surface area contributed by atoms with Gasteiger partial charge >= 0.3 is 0 Å². The molecular weight excluding hydrogens is 342 g/mol. The number of hydrogen-bond donors (Lipinski definition) is 2. The molecule has 4 unspecified atom stereocenters. The average molecular weight is 373 g/mol. The second-order valence-corrected chi connectivity index (χ2v) is 9.39. The van der Waals surface area contributed by atoms with Gasteiger partial charge in [-0.2, -0.15) is 5.10 Å². The molecule has 1 heterocycles. The number of carbonyl (C=O) groups excluding carboxylic acids is 1. The molecule has 27 heavy (non-hydrogen) atoms. The average Bonchev–Trinajstić information content (AvgIpc) is 3.21. The Morgan fingerprint density at radius 3 is 2.93 bits per heavy atom. The molecule has 4 atom stereocenters. The molecule has 6 nitrogen and oxygen atoms in total. The van der Waals surface area contributed by atoms with E-state index in [2.05, 4.69) is 37.3 Å². The number of rotatable bonds is 5. The Bertz CT molecular complexity index is 776. The third-order valence-electron chi connectivity index (χ3n) is 6.43. The van der Waals surface area contributed by atoms with Gasteiger partial charge in [-0.1, -0.05) is 11.6 Å². The van der Waals surface area contributed by atoms with Crippen molar-refractivity contribution < 1.29 is 14.6 Å². The first kappa shape index (κ1) is 18.7. The van der Waals surface area contributed by atoms with Crippen molar-refractivity contribution in [3.63, 3.8) is 0 Å². The number of aromatic nitrogens is 2. The smallest absolute Gasteiger partial charge is 0.255 e. The van der Waals surface area contributed by atoms with E-state index in [-0.39, 0.29) is 17.5 Å². The van der Waals surface area contributed by atoms with Gasteiger partial charge in [0.2, 0.25) is 0 Å². The van der Waals surface area contributed by atoms with Crippen LogP contribution >= 0.6 is 0 Å². The van der Waals surface area contributed by atoms with Crippen LogP contribution in [0.15, 0.2) is 17.8 Å². The van der Waals surface area contributed by atoms with Gasteiger partial charge < -0.3 is 15.2 Å². The number of nitrogens with one attached hydrogen (secondary N) is 1. The highest BCUT2D eigenvalue weighted by atomic mass is 16.5. The van der Waals surface area contributed by atoms with Crippen molar-refractivity contribution in [3.8, 4) is 0 Å². The van der Waals surface area contributed by atoms with Crippen LogP contribution in [-0.2, 0) is 16.9 Å². The molecule has 3 aliphatic rings. The molecule has 3 aliphatic carbocycles. The summed E-state index contributed by atoms with van der Waals surface area (Å²) in [4.78, 5) is 13.1. The van der Waals surface area contributed by atoms with Crippen molar-refractivity contribution in [2.45, 2.75) is 77.2 Å².